The Kier molecular flexibility index (Phi) is 7.14. The van der Waals surface area contributed by atoms with Crippen LogP contribution in [-0.2, 0) is 11.2 Å². The molecule has 1 heterocycles. The molecule has 4 atom stereocenters. The Bertz CT molecular complexity index is 576. The fraction of sp³-hybridized carbons (Fsp3) is 0.650. The van der Waals surface area contributed by atoms with E-state index in [2.05, 4.69) is 66.7 Å². The van der Waals surface area contributed by atoms with Crippen molar-refractivity contribution in [1.82, 2.24) is 10.6 Å². The van der Waals surface area contributed by atoms with E-state index < -0.39 is 0 Å². The molecule has 1 aromatic rings. The summed E-state index contributed by atoms with van der Waals surface area (Å²) in [5.74, 6) is 1.54. The predicted molar refractivity (Wildman–Crippen MR) is 115 cm³/mol. The highest BCUT2D eigenvalue weighted by atomic mass is 127. The Hall–Kier alpha value is -0.820. The summed E-state index contributed by atoms with van der Waals surface area (Å²) in [4.78, 5) is 4.44. The Morgan fingerprint density at radius 3 is 2.72 bits per heavy atom. The summed E-state index contributed by atoms with van der Waals surface area (Å²) in [6, 6.07) is 11.5. The number of hydrogen-bond donors (Lipinski definition) is 2. The molecule has 1 aliphatic carbocycles. The lowest BCUT2D eigenvalue weighted by atomic mass is 9.57. The summed E-state index contributed by atoms with van der Waals surface area (Å²) in [5, 5.41) is 7.20. The number of nitrogens with one attached hydrogen (secondary N) is 2. The van der Waals surface area contributed by atoms with Crippen LogP contribution < -0.4 is 10.6 Å². The Morgan fingerprint density at radius 1 is 1.32 bits per heavy atom. The molecule has 0 bridgehead atoms. The van der Waals surface area contributed by atoms with Gasteiger partial charge >= 0.3 is 0 Å². The van der Waals surface area contributed by atoms with Crippen molar-refractivity contribution in [2.45, 2.75) is 58.2 Å². The van der Waals surface area contributed by atoms with E-state index in [1.165, 1.54) is 5.56 Å². The second-order valence-corrected chi connectivity index (χ2v) is 7.83. The van der Waals surface area contributed by atoms with Crippen molar-refractivity contribution in [3.63, 3.8) is 0 Å². The summed E-state index contributed by atoms with van der Waals surface area (Å²) in [5.41, 5.74) is 1.56. The summed E-state index contributed by atoms with van der Waals surface area (Å²) < 4.78 is 5.88. The van der Waals surface area contributed by atoms with Crippen LogP contribution in [0.25, 0.3) is 0 Å². The van der Waals surface area contributed by atoms with Gasteiger partial charge in [0, 0.05) is 37.1 Å². The van der Waals surface area contributed by atoms with Crippen LogP contribution in [-0.4, -0.2) is 37.8 Å². The minimum Gasteiger partial charge on any atom is -0.377 e. The number of fused-ring (bicyclic) bond motifs is 1. The zero-order chi connectivity index (χ0) is 17.2. The number of nitrogens with zero attached hydrogens (tertiary/aromatic N) is 1. The molecule has 5 heteroatoms. The lowest BCUT2D eigenvalue weighted by Crippen LogP contribution is -2.68. The fourth-order valence-corrected chi connectivity index (χ4v) is 4.27. The van der Waals surface area contributed by atoms with E-state index in [0.29, 0.717) is 24.1 Å². The van der Waals surface area contributed by atoms with Gasteiger partial charge in [0.25, 0.3) is 0 Å². The van der Waals surface area contributed by atoms with Crippen LogP contribution >= 0.6 is 24.0 Å². The smallest absolute Gasteiger partial charge is 0.191 e. The Morgan fingerprint density at radius 2 is 2.04 bits per heavy atom. The molecule has 25 heavy (non-hydrogen) atoms. The van der Waals surface area contributed by atoms with E-state index in [-0.39, 0.29) is 29.4 Å². The summed E-state index contributed by atoms with van der Waals surface area (Å²) in [6.07, 6.45) is 3.74. The number of aliphatic imine (C=N–C) groups is 1. The second-order valence-electron chi connectivity index (χ2n) is 7.83. The van der Waals surface area contributed by atoms with E-state index in [9.17, 15) is 0 Å². The molecule has 1 aliphatic heterocycles. The van der Waals surface area contributed by atoms with Gasteiger partial charge in [-0.1, -0.05) is 44.2 Å². The molecule has 1 saturated carbocycles. The number of benzene rings is 1. The lowest BCUT2D eigenvalue weighted by Gasteiger charge is -2.55. The summed E-state index contributed by atoms with van der Waals surface area (Å²) >= 11 is 0. The molecular formula is C20H32IN3O. The topological polar surface area (TPSA) is 45.7 Å². The first-order chi connectivity index (χ1) is 11.5. The van der Waals surface area contributed by atoms with Gasteiger partial charge in [-0.25, -0.2) is 0 Å². The number of aryl methyl sites for hydroxylation is 1. The van der Waals surface area contributed by atoms with Crippen molar-refractivity contribution in [3.8, 4) is 0 Å². The van der Waals surface area contributed by atoms with E-state index in [1.807, 2.05) is 7.05 Å². The quantitative estimate of drug-likeness (QED) is 0.404. The van der Waals surface area contributed by atoms with Crippen molar-refractivity contribution in [3.05, 3.63) is 35.9 Å². The van der Waals surface area contributed by atoms with Crippen LogP contribution in [0.1, 0.15) is 39.2 Å². The molecule has 2 aliphatic rings. The first-order valence-corrected chi connectivity index (χ1v) is 9.17. The second kappa shape index (κ2) is 8.71. The van der Waals surface area contributed by atoms with Gasteiger partial charge in [-0.2, -0.15) is 0 Å². The van der Waals surface area contributed by atoms with E-state index >= 15 is 0 Å². The van der Waals surface area contributed by atoms with Crippen LogP contribution in [0.2, 0.25) is 0 Å². The zero-order valence-electron chi connectivity index (χ0n) is 15.8. The van der Waals surface area contributed by atoms with Gasteiger partial charge in [-0.3, -0.25) is 4.99 Å². The number of rotatable bonds is 5. The molecule has 3 rings (SSSR count). The summed E-state index contributed by atoms with van der Waals surface area (Å²) in [7, 11) is 1.85. The SMILES string of the molecule is CN=C(NC(C)CCc1ccccc1)NC1C2CCOC2C1(C)C.I. The molecule has 4 unspecified atom stereocenters. The van der Waals surface area contributed by atoms with Gasteiger partial charge in [-0.05, 0) is 31.7 Å². The molecule has 2 N–H and O–H groups in total. The number of guanidine groups is 1. The van der Waals surface area contributed by atoms with Crippen molar-refractivity contribution >= 4 is 29.9 Å². The van der Waals surface area contributed by atoms with E-state index in [0.717, 1.165) is 31.8 Å². The average Bonchev–Trinajstić information content (AvgIpc) is 3.04. The normalized spacial score (nSPS) is 28.3. The third-order valence-electron chi connectivity index (χ3n) is 5.71. The minimum atomic E-state index is 0. The first-order valence-electron chi connectivity index (χ1n) is 9.17. The van der Waals surface area contributed by atoms with Gasteiger partial charge in [0.1, 0.15) is 0 Å². The van der Waals surface area contributed by atoms with Gasteiger partial charge in [0.15, 0.2) is 5.96 Å². The largest absolute Gasteiger partial charge is 0.377 e. The number of ether oxygens (including phenoxy) is 1. The van der Waals surface area contributed by atoms with Gasteiger partial charge < -0.3 is 15.4 Å². The van der Waals surface area contributed by atoms with Crippen molar-refractivity contribution in [2.75, 3.05) is 13.7 Å². The lowest BCUT2D eigenvalue weighted by molar-refractivity contribution is -0.106. The van der Waals surface area contributed by atoms with Gasteiger partial charge in [0.05, 0.1) is 6.10 Å². The first kappa shape index (κ1) is 20.5. The molecule has 140 valence electrons. The third kappa shape index (κ3) is 4.48. The van der Waals surface area contributed by atoms with E-state index in [1.54, 1.807) is 0 Å². The van der Waals surface area contributed by atoms with Gasteiger partial charge in [-0.15, -0.1) is 24.0 Å². The number of halogens is 1. The molecule has 2 fully saturated rings. The predicted octanol–water partition coefficient (Wildman–Crippen LogP) is 3.60. The molecular weight excluding hydrogens is 425 g/mol. The van der Waals surface area contributed by atoms with Crippen LogP contribution in [0, 0.1) is 11.3 Å². The molecule has 0 radical (unpaired) electrons. The van der Waals surface area contributed by atoms with Gasteiger partial charge in [0.2, 0.25) is 0 Å². The minimum absolute atomic E-state index is 0. The van der Waals surface area contributed by atoms with Crippen LogP contribution in [0.15, 0.2) is 35.3 Å². The molecule has 1 saturated heterocycles. The van der Waals surface area contributed by atoms with Crippen LogP contribution in [0.5, 0.6) is 0 Å². The molecule has 0 spiro atoms. The molecule has 4 nitrogen and oxygen atoms in total. The van der Waals surface area contributed by atoms with Crippen LogP contribution in [0.3, 0.4) is 0 Å². The zero-order valence-corrected chi connectivity index (χ0v) is 18.1. The Labute approximate surface area is 169 Å². The fourth-order valence-electron chi connectivity index (χ4n) is 4.27. The Balaban J connectivity index is 0.00000225. The van der Waals surface area contributed by atoms with Crippen molar-refractivity contribution < 1.29 is 4.74 Å². The third-order valence-corrected chi connectivity index (χ3v) is 5.71. The number of hydrogen-bond acceptors (Lipinski definition) is 2. The highest BCUT2D eigenvalue weighted by Crippen LogP contribution is 2.52. The van der Waals surface area contributed by atoms with Crippen LogP contribution in [0.4, 0.5) is 0 Å². The maximum atomic E-state index is 5.88. The molecule has 0 amide bonds. The van der Waals surface area contributed by atoms with E-state index in [4.69, 9.17) is 4.74 Å². The van der Waals surface area contributed by atoms with Crippen molar-refractivity contribution in [1.29, 1.82) is 0 Å². The molecule has 0 aromatic heterocycles. The van der Waals surface area contributed by atoms with Crippen molar-refractivity contribution in [2.24, 2.45) is 16.3 Å². The standard InChI is InChI=1S/C20H31N3O.HI/c1-14(10-11-15-8-6-5-7-9-15)22-19(21-4)23-17-16-12-13-24-18(16)20(17,2)3;/h5-9,14,16-18H,10-13H2,1-4H3,(H2,21,22,23);1H. The maximum absolute atomic E-state index is 5.88. The molecule has 1 aromatic carbocycles. The summed E-state index contributed by atoms with van der Waals surface area (Å²) in [6.45, 7) is 7.71. The monoisotopic (exact) mass is 457 g/mol. The highest BCUT2D eigenvalue weighted by Gasteiger charge is 2.59. The average molecular weight is 457 g/mol. The maximum Gasteiger partial charge on any atom is 0.191 e. The highest BCUT2D eigenvalue weighted by molar-refractivity contribution is 14.0.